The van der Waals surface area contributed by atoms with Crippen LogP contribution in [0.25, 0.3) is 11.0 Å². The smallest absolute Gasteiger partial charge is 0.305 e. The van der Waals surface area contributed by atoms with E-state index in [-0.39, 0.29) is 30.8 Å². The number of carbonyl (C=O) groups is 3. The Morgan fingerprint density at radius 3 is 2.31 bits per heavy atom. The second-order valence-electron chi connectivity index (χ2n) is 11.1. The third-order valence-electron chi connectivity index (χ3n) is 8.13. The molecule has 8 nitrogen and oxygen atoms in total. The van der Waals surface area contributed by atoms with E-state index in [1.165, 1.54) is 24.2 Å². The molecule has 42 heavy (non-hydrogen) atoms. The molecule has 2 amide bonds. The first-order valence-corrected chi connectivity index (χ1v) is 14.5. The van der Waals surface area contributed by atoms with Crippen LogP contribution in [0.5, 0.6) is 0 Å². The van der Waals surface area contributed by atoms with Crippen LogP contribution < -0.4 is 10.6 Å². The lowest BCUT2D eigenvalue weighted by molar-refractivity contribution is -0.137. The molecule has 3 N–H and O–H groups in total. The highest BCUT2D eigenvalue weighted by Gasteiger charge is 2.30. The Balaban J connectivity index is 1.38. The van der Waals surface area contributed by atoms with Crippen LogP contribution in [-0.2, 0) is 4.79 Å². The van der Waals surface area contributed by atoms with Crippen LogP contribution in [0, 0.1) is 12.8 Å². The fraction of sp³-hybridized carbons (Fsp3) is 0.324. The van der Waals surface area contributed by atoms with Gasteiger partial charge in [0.25, 0.3) is 11.8 Å². The molecule has 1 aliphatic rings. The molecular formula is C34H37N3O5. The zero-order valence-electron chi connectivity index (χ0n) is 24.1. The highest BCUT2D eigenvalue weighted by Crippen LogP contribution is 2.41. The zero-order chi connectivity index (χ0) is 29.6. The van der Waals surface area contributed by atoms with E-state index in [4.69, 9.17) is 9.52 Å². The maximum atomic E-state index is 12.7. The van der Waals surface area contributed by atoms with Gasteiger partial charge < -0.3 is 25.1 Å². The summed E-state index contributed by atoms with van der Waals surface area (Å²) in [5.74, 6) is -0.0318. The molecule has 0 aliphatic heterocycles. The summed E-state index contributed by atoms with van der Waals surface area (Å²) in [4.78, 5) is 37.8. The minimum absolute atomic E-state index is 0.0557. The monoisotopic (exact) mass is 567 g/mol. The highest BCUT2D eigenvalue weighted by atomic mass is 16.4. The molecule has 1 atom stereocenters. The molecule has 1 heterocycles. The molecule has 4 aromatic rings. The number of carboxylic acid groups (broad SMARTS) is 1. The molecule has 0 spiro atoms. The van der Waals surface area contributed by atoms with E-state index in [1.807, 2.05) is 48.5 Å². The van der Waals surface area contributed by atoms with Crippen molar-refractivity contribution in [3.8, 4) is 0 Å². The third-order valence-corrected chi connectivity index (χ3v) is 8.13. The summed E-state index contributed by atoms with van der Waals surface area (Å²) >= 11 is 0. The number of carbonyl (C=O) groups excluding carboxylic acids is 2. The van der Waals surface area contributed by atoms with E-state index >= 15 is 0 Å². The molecule has 1 saturated carbocycles. The van der Waals surface area contributed by atoms with Gasteiger partial charge in [0.1, 0.15) is 11.3 Å². The summed E-state index contributed by atoms with van der Waals surface area (Å²) in [6, 6.07) is 22.2. The van der Waals surface area contributed by atoms with Crippen molar-refractivity contribution in [3.63, 3.8) is 0 Å². The molecule has 1 aliphatic carbocycles. The molecule has 0 radical (unpaired) electrons. The first-order chi connectivity index (χ1) is 20.3. The van der Waals surface area contributed by atoms with Crippen LogP contribution >= 0.6 is 0 Å². The van der Waals surface area contributed by atoms with E-state index in [2.05, 4.69) is 17.6 Å². The number of furan rings is 1. The van der Waals surface area contributed by atoms with Crippen molar-refractivity contribution in [2.24, 2.45) is 5.92 Å². The van der Waals surface area contributed by atoms with Gasteiger partial charge in [0.05, 0.1) is 12.5 Å². The van der Waals surface area contributed by atoms with Gasteiger partial charge in [-0.1, -0.05) is 37.5 Å². The van der Waals surface area contributed by atoms with Gasteiger partial charge in [0.2, 0.25) is 0 Å². The van der Waals surface area contributed by atoms with Gasteiger partial charge in [-0.25, -0.2) is 0 Å². The predicted octanol–water partition coefficient (Wildman–Crippen LogP) is 7.27. The number of nitrogens with zero attached hydrogens (tertiary/aromatic N) is 1. The van der Waals surface area contributed by atoms with Gasteiger partial charge in [-0.05, 0) is 80.3 Å². The van der Waals surface area contributed by atoms with Gasteiger partial charge in [0, 0.05) is 47.0 Å². The molecule has 1 fully saturated rings. The lowest BCUT2D eigenvalue weighted by atomic mass is 9.82. The Kier molecular flexibility index (Phi) is 8.91. The third kappa shape index (κ3) is 6.65. The molecule has 8 heteroatoms. The highest BCUT2D eigenvalue weighted by molar-refractivity contribution is 6.05. The van der Waals surface area contributed by atoms with Crippen molar-refractivity contribution in [1.82, 2.24) is 4.90 Å². The summed E-state index contributed by atoms with van der Waals surface area (Å²) in [5.41, 5.74) is 4.51. The lowest BCUT2D eigenvalue weighted by Gasteiger charge is -2.31. The molecule has 218 valence electrons. The van der Waals surface area contributed by atoms with Crippen LogP contribution in [0.1, 0.15) is 76.6 Å². The number of amides is 2. The molecular weight excluding hydrogens is 530 g/mol. The maximum Gasteiger partial charge on any atom is 0.305 e. The van der Waals surface area contributed by atoms with E-state index in [1.54, 1.807) is 31.3 Å². The normalized spacial score (nSPS) is 14.3. The Morgan fingerprint density at radius 2 is 1.62 bits per heavy atom. The van der Waals surface area contributed by atoms with Crippen LogP contribution in [0.4, 0.5) is 11.4 Å². The lowest BCUT2D eigenvalue weighted by Crippen LogP contribution is -2.29. The summed E-state index contributed by atoms with van der Waals surface area (Å²) in [6.45, 7) is 2.22. The molecule has 3 aromatic carbocycles. The number of nitrogens with one attached hydrogen (secondary N) is 2. The first kappa shape index (κ1) is 28.9. The fourth-order valence-corrected chi connectivity index (χ4v) is 5.75. The number of aryl methyl sites for hydroxylation is 1. The average Bonchev–Trinajstić information content (AvgIpc) is 3.34. The zero-order valence-corrected chi connectivity index (χ0v) is 24.1. The minimum Gasteiger partial charge on any atom is -0.481 e. The number of hydrogen-bond acceptors (Lipinski definition) is 5. The maximum absolute atomic E-state index is 12.7. The van der Waals surface area contributed by atoms with Crippen molar-refractivity contribution >= 4 is 40.1 Å². The molecule has 1 unspecified atom stereocenters. The molecule has 1 aromatic heterocycles. The summed E-state index contributed by atoms with van der Waals surface area (Å²) in [5, 5.41) is 16.6. The predicted molar refractivity (Wildman–Crippen MR) is 164 cm³/mol. The number of aliphatic carboxylic acids is 1. The standard InChI is InChI=1S/C34H37N3O5/c1-22-28-21-27(36-33(40)24-11-7-4-8-12-24)17-18-29(28)42-32(22)31(23-9-5-3-6-10-23)35-26-15-13-25(14-16-26)34(41)37(2)20-19-30(38)39/h4,7-8,11-18,21,23,31,35H,3,5-6,9-10,19-20H2,1-2H3,(H,36,40)(H,38,39). The van der Waals surface area contributed by atoms with E-state index in [9.17, 15) is 14.4 Å². The van der Waals surface area contributed by atoms with Gasteiger partial charge in [-0.3, -0.25) is 14.4 Å². The molecule has 0 bridgehead atoms. The van der Waals surface area contributed by atoms with Crippen molar-refractivity contribution in [2.75, 3.05) is 24.2 Å². The van der Waals surface area contributed by atoms with Crippen LogP contribution in [-0.4, -0.2) is 41.4 Å². The Bertz CT molecular complexity index is 1560. The number of carboxylic acids is 1. The van der Waals surface area contributed by atoms with Crippen molar-refractivity contribution in [3.05, 3.63) is 95.2 Å². The Labute approximate surface area is 245 Å². The van der Waals surface area contributed by atoms with Crippen molar-refractivity contribution in [2.45, 2.75) is 51.5 Å². The fourth-order valence-electron chi connectivity index (χ4n) is 5.75. The van der Waals surface area contributed by atoms with Gasteiger partial charge >= 0.3 is 5.97 Å². The van der Waals surface area contributed by atoms with Gasteiger partial charge in [-0.2, -0.15) is 0 Å². The number of hydrogen-bond donors (Lipinski definition) is 3. The van der Waals surface area contributed by atoms with Gasteiger partial charge in [0.15, 0.2) is 0 Å². The Morgan fingerprint density at radius 1 is 0.929 bits per heavy atom. The minimum atomic E-state index is -0.933. The number of anilines is 2. The largest absolute Gasteiger partial charge is 0.481 e. The van der Waals surface area contributed by atoms with Crippen molar-refractivity contribution in [1.29, 1.82) is 0 Å². The second-order valence-corrected chi connectivity index (χ2v) is 11.1. The molecule has 5 rings (SSSR count). The quantitative estimate of drug-likeness (QED) is 0.186. The van der Waals surface area contributed by atoms with Crippen molar-refractivity contribution < 1.29 is 23.9 Å². The van der Waals surface area contributed by atoms with E-state index in [0.717, 1.165) is 40.8 Å². The first-order valence-electron chi connectivity index (χ1n) is 14.5. The summed E-state index contributed by atoms with van der Waals surface area (Å²) in [6.07, 6.45) is 5.68. The summed E-state index contributed by atoms with van der Waals surface area (Å²) < 4.78 is 6.49. The van der Waals surface area contributed by atoms with Crippen LogP contribution in [0.15, 0.2) is 77.2 Å². The Hall–Kier alpha value is -4.59. The average molecular weight is 568 g/mol. The number of benzene rings is 3. The van der Waals surface area contributed by atoms with E-state index in [0.29, 0.717) is 22.7 Å². The number of fused-ring (bicyclic) bond motifs is 1. The SMILES string of the molecule is Cc1c(C(Nc2ccc(C(=O)N(C)CCC(=O)O)cc2)C2CCCCC2)oc2ccc(NC(=O)c3ccccc3)cc12. The number of rotatable bonds is 10. The molecule has 0 saturated heterocycles. The van der Waals surface area contributed by atoms with Crippen LogP contribution in [0.2, 0.25) is 0 Å². The summed E-state index contributed by atoms with van der Waals surface area (Å²) in [7, 11) is 1.61. The second kappa shape index (κ2) is 12.9. The van der Waals surface area contributed by atoms with E-state index < -0.39 is 5.97 Å². The van der Waals surface area contributed by atoms with Crippen LogP contribution in [0.3, 0.4) is 0 Å². The van der Waals surface area contributed by atoms with Gasteiger partial charge in [-0.15, -0.1) is 0 Å². The topological polar surface area (TPSA) is 112 Å².